The van der Waals surface area contributed by atoms with Gasteiger partial charge in [-0.2, -0.15) is 5.10 Å². The topological polar surface area (TPSA) is 139 Å². The molecular weight excluding hydrogens is 504 g/mol. The van der Waals surface area contributed by atoms with Gasteiger partial charge in [0.15, 0.2) is 22.9 Å². The molecule has 12 heteroatoms. The molecule has 4 rings (SSSR count). The van der Waals surface area contributed by atoms with Gasteiger partial charge in [-0.25, -0.2) is 4.98 Å². The van der Waals surface area contributed by atoms with Crippen LogP contribution in [0.15, 0.2) is 48.9 Å². The summed E-state index contributed by atoms with van der Waals surface area (Å²) < 4.78 is 23.8. The quantitative estimate of drug-likeness (QED) is 0.311. The van der Waals surface area contributed by atoms with Crippen molar-refractivity contribution in [1.82, 2.24) is 25.1 Å². The number of hydrogen-bond donors (Lipinski definition) is 2. The highest BCUT2D eigenvalue weighted by atomic mass is 16.5. The fourth-order valence-electron chi connectivity index (χ4n) is 3.83. The van der Waals surface area contributed by atoms with Gasteiger partial charge in [0.2, 0.25) is 5.91 Å². The van der Waals surface area contributed by atoms with Gasteiger partial charge in [-0.3, -0.25) is 19.3 Å². The average Bonchev–Trinajstić information content (AvgIpc) is 3.38. The molecule has 0 fully saturated rings. The summed E-state index contributed by atoms with van der Waals surface area (Å²) in [7, 11) is 4.65. The Labute approximate surface area is 225 Å². The van der Waals surface area contributed by atoms with Crippen LogP contribution in [-0.2, 0) is 10.3 Å². The van der Waals surface area contributed by atoms with Crippen molar-refractivity contribution in [2.75, 3.05) is 33.2 Å². The van der Waals surface area contributed by atoms with Crippen LogP contribution in [0, 0.1) is 0 Å². The average molecular weight is 535 g/mol. The van der Waals surface area contributed by atoms with E-state index >= 15 is 0 Å². The zero-order valence-electron chi connectivity index (χ0n) is 22.6. The highest BCUT2D eigenvalue weighted by Crippen LogP contribution is 2.36. The normalized spacial score (nSPS) is 11.1. The van der Waals surface area contributed by atoms with Crippen LogP contribution in [0.25, 0.3) is 10.9 Å². The van der Waals surface area contributed by atoms with E-state index in [2.05, 4.69) is 25.7 Å². The molecule has 204 valence electrons. The molecule has 0 radical (unpaired) electrons. The van der Waals surface area contributed by atoms with Crippen molar-refractivity contribution >= 4 is 28.5 Å². The second-order valence-electron chi connectivity index (χ2n) is 8.83. The van der Waals surface area contributed by atoms with Crippen molar-refractivity contribution < 1.29 is 28.5 Å². The van der Waals surface area contributed by atoms with Gasteiger partial charge in [-0.1, -0.05) is 0 Å². The van der Waals surface area contributed by atoms with Gasteiger partial charge in [0, 0.05) is 24.7 Å². The number of nitrogens with zero attached hydrogens (tertiary/aromatic N) is 4. The van der Waals surface area contributed by atoms with Crippen LogP contribution in [0.4, 0.5) is 5.82 Å². The van der Waals surface area contributed by atoms with Gasteiger partial charge in [0.25, 0.3) is 5.91 Å². The lowest BCUT2D eigenvalue weighted by atomic mass is 10.1. The van der Waals surface area contributed by atoms with E-state index in [-0.39, 0.29) is 23.2 Å². The second-order valence-corrected chi connectivity index (χ2v) is 8.83. The molecule has 0 saturated carbocycles. The molecule has 0 bridgehead atoms. The first-order chi connectivity index (χ1) is 18.7. The smallest absolute Gasteiger partial charge is 0.281 e. The molecule has 0 spiro atoms. The lowest BCUT2D eigenvalue weighted by Gasteiger charge is -2.22. The number of amides is 2. The third-order valence-corrected chi connectivity index (χ3v) is 5.96. The summed E-state index contributed by atoms with van der Waals surface area (Å²) in [6, 6.07) is 8.57. The molecule has 3 heterocycles. The number of pyridine rings is 2. The van der Waals surface area contributed by atoms with Crippen LogP contribution in [0.2, 0.25) is 0 Å². The number of nitrogens with one attached hydrogen (secondary N) is 2. The number of aromatic nitrogens is 4. The molecule has 0 aliphatic rings. The van der Waals surface area contributed by atoms with E-state index in [0.29, 0.717) is 35.1 Å². The lowest BCUT2D eigenvalue weighted by molar-refractivity contribution is -0.128. The molecule has 2 amide bonds. The van der Waals surface area contributed by atoms with E-state index in [0.717, 1.165) is 5.39 Å². The Bertz CT molecular complexity index is 1500. The molecule has 0 atom stereocenters. The number of methoxy groups -OCH3 is 2. The van der Waals surface area contributed by atoms with Crippen LogP contribution in [0.3, 0.4) is 0 Å². The number of ether oxygens (including phenoxy) is 4. The van der Waals surface area contributed by atoms with E-state index in [9.17, 15) is 9.59 Å². The van der Waals surface area contributed by atoms with Crippen molar-refractivity contribution in [3.63, 3.8) is 0 Å². The molecular formula is C27H30N6O6. The van der Waals surface area contributed by atoms with E-state index in [1.807, 2.05) is 0 Å². The van der Waals surface area contributed by atoms with E-state index < -0.39 is 11.4 Å². The molecule has 0 unspecified atom stereocenters. The highest BCUT2D eigenvalue weighted by molar-refractivity contribution is 6.04. The van der Waals surface area contributed by atoms with E-state index in [1.54, 1.807) is 71.5 Å². The summed E-state index contributed by atoms with van der Waals surface area (Å²) in [6.07, 6.45) is 4.65. The fraction of sp³-hybridized carbons (Fsp3) is 0.296. The van der Waals surface area contributed by atoms with Gasteiger partial charge in [-0.05, 0) is 45.0 Å². The van der Waals surface area contributed by atoms with Crippen molar-refractivity contribution in [2.45, 2.75) is 26.3 Å². The van der Waals surface area contributed by atoms with Gasteiger partial charge >= 0.3 is 0 Å². The number of benzene rings is 1. The summed E-state index contributed by atoms with van der Waals surface area (Å²) in [5, 5.41) is 10.4. The Morgan fingerprint density at radius 1 is 1.00 bits per heavy atom. The van der Waals surface area contributed by atoms with Crippen molar-refractivity contribution in [1.29, 1.82) is 0 Å². The number of anilines is 1. The molecule has 12 nitrogen and oxygen atoms in total. The number of hydrogen-bond acceptors (Lipinski definition) is 9. The Balaban J connectivity index is 1.54. The predicted octanol–water partition coefficient (Wildman–Crippen LogP) is 3.77. The SMILES string of the molecule is CCOc1cn(C(C)(C)C(=O)NC)nc1C(=O)Nc1ccc(Oc2ccnc3cc(OC)c(OC)cc23)cn1. The molecule has 3 aromatic heterocycles. The summed E-state index contributed by atoms with van der Waals surface area (Å²) in [5.74, 6) is 1.83. The van der Waals surface area contributed by atoms with Gasteiger partial charge in [-0.15, -0.1) is 0 Å². The second kappa shape index (κ2) is 11.3. The Kier molecular flexibility index (Phi) is 7.84. The first-order valence-electron chi connectivity index (χ1n) is 12.1. The van der Waals surface area contributed by atoms with Gasteiger partial charge in [0.05, 0.1) is 38.7 Å². The molecule has 0 aliphatic heterocycles. The molecule has 4 aromatic rings. The van der Waals surface area contributed by atoms with Crippen LogP contribution in [0.5, 0.6) is 28.7 Å². The summed E-state index contributed by atoms with van der Waals surface area (Å²) in [5.41, 5.74) is -0.336. The lowest BCUT2D eigenvalue weighted by Crippen LogP contribution is -2.43. The number of carbonyl (C=O) groups excluding carboxylic acids is 2. The van der Waals surface area contributed by atoms with E-state index in [1.165, 1.54) is 24.1 Å². The molecule has 39 heavy (non-hydrogen) atoms. The van der Waals surface area contributed by atoms with Gasteiger partial charge in [0.1, 0.15) is 22.9 Å². The standard InChI is InChI=1S/C27H30N6O6/c1-7-38-22-15-33(27(2,3)26(35)28-4)32-24(22)25(34)31-23-9-8-16(14-30-23)39-19-10-11-29-18-13-21(37-6)20(36-5)12-17(18)19/h8-15H,7H2,1-6H3,(H,28,35)(H,30,31,34). The Hall–Kier alpha value is -4.87. The Morgan fingerprint density at radius 2 is 1.74 bits per heavy atom. The largest absolute Gasteiger partial charge is 0.493 e. The molecule has 0 saturated heterocycles. The summed E-state index contributed by atoms with van der Waals surface area (Å²) in [4.78, 5) is 34.0. The maximum Gasteiger partial charge on any atom is 0.281 e. The zero-order chi connectivity index (χ0) is 28.2. The summed E-state index contributed by atoms with van der Waals surface area (Å²) >= 11 is 0. The van der Waals surface area contributed by atoms with Crippen molar-refractivity contribution in [2.24, 2.45) is 0 Å². The number of rotatable bonds is 10. The van der Waals surface area contributed by atoms with Crippen LogP contribution >= 0.6 is 0 Å². The molecule has 0 aliphatic carbocycles. The van der Waals surface area contributed by atoms with E-state index in [4.69, 9.17) is 18.9 Å². The monoisotopic (exact) mass is 534 g/mol. The number of likely N-dealkylation sites (N-methyl/N-ethyl adjacent to an activating group) is 1. The Morgan fingerprint density at radius 3 is 2.38 bits per heavy atom. The van der Waals surface area contributed by atoms with Crippen molar-refractivity contribution in [3.8, 4) is 28.7 Å². The third kappa shape index (κ3) is 5.54. The fourth-order valence-corrected chi connectivity index (χ4v) is 3.83. The highest BCUT2D eigenvalue weighted by Gasteiger charge is 2.32. The minimum Gasteiger partial charge on any atom is -0.493 e. The van der Waals surface area contributed by atoms with Crippen molar-refractivity contribution in [3.05, 3.63) is 54.6 Å². The number of carbonyl (C=O) groups is 2. The first kappa shape index (κ1) is 27.2. The van der Waals surface area contributed by atoms with Crippen LogP contribution in [0.1, 0.15) is 31.3 Å². The first-order valence-corrected chi connectivity index (χ1v) is 12.1. The number of fused-ring (bicyclic) bond motifs is 1. The maximum atomic E-state index is 13.1. The summed E-state index contributed by atoms with van der Waals surface area (Å²) in [6.45, 7) is 5.49. The predicted molar refractivity (Wildman–Crippen MR) is 144 cm³/mol. The van der Waals surface area contributed by atoms with Crippen LogP contribution in [-0.4, -0.2) is 59.4 Å². The zero-order valence-corrected chi connectivity index (χ0v) is 22.6. The third-order valence-electron chi connectivity index (χ3n) is 5.96. The molecule has 1 aromatic carbocycles. The minimum absolute atomic E-state index is 0.0311. The minimum atomic E-state index is -1.04. The maximum absolute atomic E-state index is 13.1. The van der Waals surface area contributed by atoms with Gasteiger partial charge < -0.3 is 29.6 Å². The molecule has 2 N–H and O–H groups in total. The van der Waals surface area contributed by atoms with Crippen LogP contribution < -0.4 is 29.6 Å².